The summed E-state index contributed by atoms with van der Waals surface area (Å²) in [5.74, 6) is -1.01. The number of nitrogens with zero attached hydrogens (tertiary/aromatic N) is 3. The maximum Gasteiger partial charge on any atom is 0.341 e. The molecule has 0 aliphatic carbocycles. The lowest BCUT2D eigenvalue weighted by molar-refractivity contribution is 0.0698. The van der Waals surface area contributed by atoms with E-state index in [9.17, 15) is 9.90 Å². The normalized spacial score (nSPS) is 10.8. The molecule has 0 amide bonds. The monoisotopic (exact) mass is 253 g/mol. The van der Waals surface area contributed by atoms with Crippen LogP contribution in [0.4, 0.5) is 0 Å². The predicted octanol–water partition coefficient (Wildman–Crippen LogP) is 2.40. The van der Waals surface area contributed by atoms with E-state index >= 15 is 0 Å². The molecule has 1 aromatic carbocycles. The largest absolute Gasteiger partial charge is 0.477 e. The van der Waals surface area contributed by atoms with Gasteiger partial charge in [-0.2, -0.15) is 5.10 Å². The van der Waals surface area contributed by atoms with Crippen molar-refractivity contribution in [2.75, 3.05) is 0 Å². The molecular formula is C14H11N3O2. The molecule has 5 heteroatoms. The number of aryl methyl sites for hydroxylation is 1. The van der Waals surface area contributed by atoms with Gasteiger partial charge < -0.3 is 5.11 Å². The van der Waals surface area contributed by atoms with Crippen molar-refractivity contribution in [3.63, 3.8) is 0 Å². The molecule has 0 aliphatic rings. The van der Waals surface area contributed by atoms with Crippen molar-refractivity contribution in [3.05, 3.63) is 53.9 Å². The molecule has 3 rings (SSSR count). The van der Waals surface area contributed by atoms with E-state index < -0.39 is 5.97 Å². The van der Waals surface area contributed by atoms with Gasteiger partial charge in [-0.1, -0.05) is 30.3 Å². The van der Waals surface area contributed by atoms with Gasteiger partial charge in [-0.15, -0.1) is 0 Å². The summed E-state index contributed by atoms with van der Waals surface area (Å²) in [5.41, 5.74) is 2.77. The summed E-state index contributed by atoms with van der Waals surface area (Å²) in [4.78, 5) is 15.4. The standard InChI is InChI=1S/C14H11N3O2/c1-9-12(14(18)19)13-15-8-7-11(17(13)16-9)10-5-3-2-4-6-10/h2-8H,1H3,(H,18,19). The van der Waals surface area contributed by atoms with Crippen LogP contribution >= 0.6 is 0 Å². The van der Waals surface area contributed by atoms with Crippen molar-refractivity contribution in [2.24, 2.45) is 0 Å². The number of carboxylic acid groups (broad SMARTS) is 1. The zero-order valence-corrected chi connectivity index (χ0v) is 10.2. The summed E-state index contributed by atoms with van der Waals surface area (Å²) < 4.78 is 1.58. The highest BCUT2D eigenvalue weighted by Crippen LogP contribution is 2.22. The van der Waals surface area contributed by atoms with E-state index in [1.54, 1.807) is 17.6 Å². The van der Waals surface area contributed by atoms with Crippen molar-refractivity contribution >= 4 is 11.6 Å². The third-order valence-corrected chi connectivity index (χ3v) is 2.98. The molecule has 0 saturated heterocycles. The Morgan fingerprint density at radius 3 is 2.63 bits per heavy atom. The van der Waals surface area contributed by atoms with Crippen LogP contribution in [0.5, 0.6) is 0 Å². The third-order valence-electron chi connectivity index (χ3n) is 2.98. The van der Waals surface area contributed by atoms with Crippen molar-refractivity contribution in [3.8, 4) is 11.3 Å². The minimum atomic E-state index is -1.01. The zero-order chi connectivity index (χ0) is 13.4. The summed E-state index contributed by atoms with van der Waals surface area (Å²) in [6.07, 6.45) is 1.60. The molecule has 0 aliphatic heterocycles. The van der Waals surface area contributed by atoms with Gasteiger partial charge in [-0.3, -0.25) is 0 Å². The van der Waals surface area contributed by atoms with Gasteiger partial charge in [0.15, 0.2) is 5.65 Å². The first-order valence-electron chi connectivity index (χ1n) is 5.81. The van der Waals surface area contributed by atoms with E-state index in [-0.39, 0.29) is 5.56 Å². The van der Waals surface area contributed by atoms with Crippen molar-refractivity contribution < 1.29 is 9.90 Å². The summed E-state index contributed by atoms with van der Waals surface area (Å²) >= 11 is 0. The van der Waals surface area contributed by atoms with Crippen LogP contribution in [0.3, 0.4) is 0 Å². The van der Waals surface area contributed by atoms with Gasteiger partial charge in [0.05, 0.1) is 11.4 Å². The summed E-state index contributed by atoms with van der Waals surface area (Å²) in [7, 11) is 0. The van der Waals surface area contributed by atoms with Crippen molar-refractivity contribution in [2.45, 2.75) is 6.92 Å². The molecule has 3 aromatic rings. The fraction of sp³-hybridized carbons (Fsp3) is 0.0714. The van der Waals surface area contributed by atoms with Crippen LogP contribution in [-0.4, -0.2) is 25.7 Å². The topological polar surface area (TPSA) is 67.5 Å². The third kappa shape index (κ3) is 1.76. The second-order valence-corrected chi connectivity index (χ2v) is 4.20. The zero-order valence-electron chi connectivity index (χ0n) is 10.2. The Bertz CT molecular complexity index is 763. The number of benzene rings is 1. The van der Waals surface area contributed by atoms with Gasteiger partial charge in [0.25, 0.3) is 0 Å². The van der Waals surface area contributed by atoms with Crippen molar-refractivity contribution in [1.82, 2.24) is 14.6 Å². The molecule has 0 spiro atoms. The second kappa shape index (κ2) is 4.20. The number of aromatic nitrogens is 3. The summed E-state index contributed by atoms with van der Waals surface area (Å²) in [5, 5.41) is 13.5. The first-order chi connectivity index (χ1) is 9.18. The molecule has 2 aromatic heterocycles. The maximum absolute atomic E-state index is 11.3. The van der Waals surface area contributed by atoms with Gasteiger partial charge in [-0.25, -0.2) is 14.3 Å². The molecule has 1 N–H and O–H groups in total. The highest BCUT2D eigenvalue weighted by atomic mass is 16.4. The number of aromatic carboxylic acids is 1. The molecule has 0 fully saturated rings. The molecule has 0 bridgehead atoms. The minimum absolute atomic E-state index is 0.151. The number of hydrogen-bond donors (Lipinski definition) is 1. The molecule has 94 valence electrons. The number of carboxylic acids is 1. The van der Waals surface area contributed by atoms with Crippen molar-refractivity contribution in [1.29, 1.82) is 0 Å². The van der Waals surface area contributed by atoms with E-state index in [2.05, 4.69) is 10.1 Å². The van der Waals surface area contributed by atoms with Crippen LogP contribution in [0.2, 0.25) is 0 Å². The Morgan fingerprint density at radius 2 is 1.95 bits per heavy atom. The van der Waals surface area contributed by atoms with Gasteiger partial charge >= 0.3 is 5.97 Å². The molecule has 0 atom stereocenters. The van der Waals surface area contributed by atoms with Crippen LogP contribution in [0, 0.1) is 6.92 Å². The van der Waals surface area contributed by atoms with Crippen LogP contribution in [0.15, 0.2) is 42.6 Å². The van der Waals surface area contributed by atoms with E-state index in [1.165, 1.54) is 0 Å². The van der Waals surface area contributed by atoms with Crippen LogP contribution in [0.25, 0.3) is 16.9 Å². The quantitative estimate of drug-likeness (QED) is 0.761. The fourth-order valence-electron chi connectivity index (χ4n) is 2.13. The molecule has 5 nitrogen and oxygen atoms in total. The first-order valence-corrected chi connectivity index (χ1v) is 5.81. The Morgan fingerprint density at radius 1 is 1.21 bits per heavy atom. The SMILES string of the molecule is Cc1nn2c(-c3ccccc3)ccnc2c1C(=O)O. The molecule has 2 heterocycles. The molecule has 0 saturated carbocycles. The fourth-order valence-corrected chi connectivity index (χ4v) is 2.13. The van der Waals surface area contributed by atoms with Gasteiger partial charge in [0, 0.05) is 11.8 Å². The lowest BCUT2D eigenvalue weighted by Crippen LogP contribution is -2.00. The van der Waals surface area contributed by atoms with Crippen LogP contribution in [0.1, 0.15) is 16.1 Å². The number of fused-ring (bicyclic) bond motifs is 1. The summed E-state index contributed by atoms with van der Waals surface area (Å²) in [6, 6.07) is 11.5. The van der Waals surface area contributed by atoms with Gasteiger partial charge in [0.1, 0.15) is 5.56 Å². The second-order valence-electron chi connectivity index (χ2n) is 4.20. The van der Waals surface area contributed by atoms with Gasteiger partial charge in [0.2, 0.25) is 0 Å². The van der Waals surface area contributed by atoms with Gasteiger partial charge in [-0.05, 0) is 13.0 Å². The minimum Gasteiger partial charge on any atom is -0.477 e. The number of rotatable bonds is 2. The Hall–Kier alpha value is -2.69. The number of carbonyl (C=O) groups is 1. The Balaban J connectivity index is 2.34. The summed E-state index contributed by atoms with van der Waals surface area (Å²) in [6.45, 7) is 1.67. The predicted molar refractivity (Wildman–Crippen MR) is 70.1 cm³/mol. The maximum atomic E-state index is 11.3. The first kappa shape index (κ1) is 11.4. The lowest BCUT2D eigenvalue weighted by Gasteiger charge is -2.03. The van der Waals surface area contributed by atoms with E-state index in [1.807, 2.05) is 36.4 Å². The molecular weight excluding hydrogens is 242 g/mol. The average molecular weight is 253 g/mol. The highest BCUT2D eigenvalue weighted by Gasteiger charge is 2.18. The lowest BCUT2D eigenvalue weighted by atomic mass is 10.1. The Kier molecular flexibility index (Phi) is 2.52. The van der Waals surface area contributed by atoms with Crippen LogP contribution in [-0.2, 0) is 0 Å². The smallest absolute Gasteiger partial charge is 0.341 e. The average Bonchev–Trinajstić information content (AvgIpc) is 2.75. The van der Waals surface area contributed by atoms with E-state index in [0.29, 0.717) is 11.3 Å². The Labute approximate surface area is 109 Å². The van der Waals surface area contributed by atoms with E-state index in [0.717, 1.165) is 11.3 Å². The molecule has 19 heavy (non-hydrogen) atoms. The van der Waals surface area contributed by atoms with Crippen LogP contribution < -0.4 is 0 Å². The molecule has 0 radical (unpaired) electrons. The highest BCUT2D eigenvalue weighted by molar-refractivity contribution is 5.96. The number of hydrogen-bond acceptors (Lipinski definition) is 3. The van der Waals surface area contributed by atoms with E-state index in [4.69, 9.17) is 0 Å². The molecule has 0 unspecified atom stereocenters.